The van der Waals surface area contributed by atoms with Crippen molar-refractivity contribution in [3.8, 4) is 0 Å². The first-order chi connectivity index (χ1) is 15.8. The predicted octanol–water partition coefficient (Wildman–Crippen LogP) is 2.01. The van der Waals surface area contributed by atoms with Gasteiger partial charge >= 0.3 is 11.9 Å². The predicted molar refractivity (Wildman–Crippen MR) is 119 cm³/mol. The highest BCUT2D eigenvalue weighted by molar-refractivity contribution is 5.70. The molecule has 4 unspecified atom stereocenters. The lowest BCUT2D eigenvalue weighted by atomic mass is 9.98. The van der Waals surface area contributed by atoms with Crippen LogP contribution in [0.15, 0.2) is 0 Å². The Morgan fingerprint density at radius 3 is 1.42 bits per heavy atom. The van der Waals surface area contributed by atoms with Gasteiger partial charge in [-0.1, -0.05) is 44.9 Å². The summed E-state index contributed by atoms with van der Waals surface area (Å²) in [6, 6.07) is 0. The van der Waals surface area contributed by atoms with Gasteiger partial charge in [0.1, 0.15) is 12.2 Å². The van der Waals surface area contributed by atoms with Crippen LogP contribution < -0.4 is 10.5 Å². The zero-order valence-electron chi connectivity index (χ0n) is 20.2. The molecular weight excluding hydrogens is 432 g/mol. The molecule has 2 fully saturated rings. The smallest absolute Gasteiger partial charge is 0.310 e. The van der Waals surface area contributed by atoms with Gasteiger partial charge in [-0.2, -0.15) is 20.1 Å². The highest BCUT2D eigenvalue weighted by Crippen LogP contribution is 2.19. The molecule has 0 heterocycles. The number of hydrogen-bond donors (Lipinski definition) is 2. The van der Waals surface area contributed by atoms with Crippen molar-refractivity contribution >= 4 is 11.9 Å². The summed E-state index contributed by atoms with van der Waals surface area (Å²) in [7, 11) is 0. The zero-order chi connectivity index (χ0) is 24.1. The Balaban J connectivity index is 1.50. The second-order valence-electron chi connectivity index (χ2n) is 9.22. The van der Waals surface area contributed by atoms with Gasteiger partial charge in [0.2, 0.25) is 0 Å². The van der Waals surface area contributed by atoms with Crippen LogP contribution in [-0.2, 0) is 28.7 Å². The molecule has 33 heavy (non-hydrogen) atoms. The van der Waals surface area contributed by atoms with E-state index in [1.165, 1.54) is 26.7 Å². The van der Waals surface area contributed by atoms with Crippen molar-refractivity contribution < 1.29 is 39.2 Å². The van der Waals surface area contributed by atoms with Crippen LogP contribution in [-0.4, -0.2) is 36.6 Å². The van der Waals surface area contributed by atoms with Gasteiger partial charge in [-0.25, -0.2) is 0 Å². The highest BCUT2D eigenvalue weighted by atomic mass is 16.9. The Labute approximate surface area is 196 Å². The van der Waals surface area contributed by atoms with Crippen molar-refractivity contribution in [3.05, 3.63) is 10.4 Å². The van der Waals surface area contributed by atoms with Crippen LogP contribution in [0.2, 0.25) is 0 Å². The van der Waals surface area contributed by atoms with Crippen molar-refractivity contribution in [1.29, 1.82) is 0 Å². The van der Waals surface area contributed by atoms with Gasteiger partial charge in [0, 0.05) is 26.7 Å². The molecule has 0 aromatic heterocycles. The molecule has 2 aliphatic carbocycles. The molecule has 0 bridgehead atoms. The molecule has 2 N–H and O–H groups in total. The topological polar surface area (TPSA) is 126 Å². The molecule has 2 saturated carbocycles. The van der Waals surface area contributed by atoms with Gasteiger partial charge in [0.05, 0.1) is 0 Å². The number of esters is 2. The van der Waals surface area contributed by atoms with Crippen LogP contribution in [0.5, 0.6) is 0 Å². The number of ether oxygens (including phenoxy) is 2. The number of nitrogens with one attached hydrogen (secondary N) is 2. The van der Waals surface area contributed by atoms with E-state index in [1.807, 2.05) is 0 Å². The Morgan fingerprint density at radius 1 is 0.697 bits per heavy atom. The molecule has 0 aromatic carbocycles. The minimum absolute atomic E-state index is 0.0657. The fourth-order valence-electron chi connectivity index (χ4n) is 4.21. The number of unbranched alkanes of at least 4 members (excludes halogenated alkanes) is 2. The van der Waals surface area contributed by atoms with Crippen molar-refractivity contribution in [2.24, 2.45) is 0 Å². The summed E-state index contributed by atoms with van der Waals surface area (Å²) in [4.78, 5) is 34.7. The fraction of sp³-hybridized carbons (Fsp3) is 0.913. The molecule has 4 atom stereocenters. The Bertz CT molecular complexity index is 519. The lowest BCUT2D eigenvalue weighted by Crippen LogP contribution is -3.11. The first kappa shape index (κ1) is 27.9. The Kier molecular flexibility index (Phi) is 13.2. The molecule has 0 aromatic rings. The summed E-state index contributed by atoms with van der Waals surface area (Å²) in [6.07, 6.45) is 10.1. The fourth-order valence-corrected chi connectivity index (χ4v) is 4.21. The largest absolute Gasteiger partial charge is 0.597 e. The molecule has 0 aliphatic heterocycles. The van der Waals surface area contributed by atoms with Gasteiger partial charge in [0.25, 0.3) is 12.5 Å². The number of carbonyl (C=O) groups excluding carboxylic acids is 2. The number of rotatable bonds is 14. The van der Waals surface area contributed by atoms with Crippen molar-refractivity contribution in [2.75, 3.05) is 0 Å². The maximum atomic E-state index is 12.1. The molecule has 10 heteroatoms. The Morgan fingerprint density at radius 2 is 1.06 bits per heavy atom. The van der Waals surface area contributed by atoms with Gasteiger partial charge in [-0.3, -0.25) is 9.59 Å². The number of hydroxylamine groups is 4. The molecule has 0 saturated heterocycles. The normalized spacial score (nSPS) is 21.7. The van der Waals surface area contributed by atoms with E-state index in [-0.39, 0.29) is 25.0 Å². The van der Waals surface area contributed by atoms with Gasteiger partial charge in [-0.15, -0.1) is 0 Å². The lowest BCUT2D eigenvalue weighted by Gasteiger charge is -2.31. The van der Waals surface area contributed by atoms with Gasteiger partial charge < -0.3 is 19.9 Å². The molecule has 2 aliphatic rings. The van der Waals surface area contributed by atoms with E-state index in [9.17, 15) is 20.0 Å². The number of hydrogen-bond acceptors (Lipinski definition) is 8. The third kappa shape index (κ3) is 11.6. The van der Waals surface area contributed by atoms with E-state index in [2.05, 4.69) is 0 Å². The average molecular weight is 475 g/mol. The summed E-state index contributed by atoms with van der Waals surface area (Å²) < 4.78 is 10.3. The van der Waals surface area contributed by atoms with Crippen molar-refractivity contribution in [3.63, 3.8) is 0 Å². The van der Waals surface area contributed by atoms with E-state index in [0.717, 1.165) is 51.4 Å². The van der Waals surface area contributed by atoms with Gasteiger partial charge in [0.15, 0.2) is 0 Å². The van der Waals surface area contributed by atoms with Crippen LogP contribution in [0.3, 0.4) is 0 Å². The summed E-state index contributed by atoms with van der Waals surface area (Å²) in [6.45, 7) is 3.05. The monoisotopic (exact) mass is 474 g/mol. The average Bonchev–Trinajstić information content (AvgIpc) is 2.80. The lowest BCUT2D eigenvalue weighted by molar-refractivity contribution is -1.09. The molecule has 192 valence electrons. The maximum absolute atomic E-state index is 12.1. The van der Waals surface area contributed by atoms with E-state index >= 15 is 0 Å². The number of quaternary nitrogens is 2. The van der Waals surface area contributed by atoms with E-state index < -0.39 is 34.8 Å². The molecule has 0 radical (unpaired) electrons. The van der Waals surface area contributed by atoms with Crippen LogP contribution in [0.25, 0.3) is 0 Å². The van der Waals surface area contributed by atoms with Crippen LogP contribution in [0.4, 0.5) is 0 Å². The van der Waals surface area contributed by atoms with E-state index in [4.69, 9.17) is 19.1 Å². The molecular formula is C23H42N2O8. The molecule has 0 amide bonds. The molecule has 10 nitrogen and oxygen atoms in total. The minimum Gasteiger partial charge on any atom is -0.597 e. The van der Waals surface area contributed by atoms with Crippen molar-refractivity contribution in [2.45, 2.75) is 135 Å². The second kappa shape index (κ2) is 15.6. The SMILES string of the molecule is CC(OC(=O)CCCCCC(=O)OC(C)[NH+]([O-])OC1CCCCC1)[NH+]([O-])OC1CCCCC1. The van der Waals surface area contributed by atoms with Crippen LogP contribution in [0, 0.1) is 10.4 Å². The summed E-state index contributed by atoms with van der Waals surface area (Å²) in [5, 5.41) is 23.1. The third-order valence-electron chi connectivity index (χ3n) is 6.21. The van der Waals surface area contributed by atoms with Crippen molar-refractivity contribution in [1.82, 2.24) is 0 Å². The number of carbonyl (C=O) groups is 2. The zero-order valence-corrected chi connectivity index (χ0v) is 20.2. The second-order valence-corrected chi connectivity index (χ2v) is 9.22. The summed E-state index contributed by atoms with van der Waals surface area (Å²) in [5.41, 5.74) is 0. The molecule has 0 spiro atoms. The Hall–Kier alpha value is -1.30. The highest BCUT2D eigenvalue weighted by Gasteiger charge is 2.24. The quantitative estimate of drug-likeness (QED) is 0.169. The van der Waals surface area contributed by atoms with Crippen LogP contribution >= 0.6 is 0 Å². The maximum Gasteiger partial charge on any atom is 0.310 e. The van der Waals surface area contributed by atoms with E-state index in [1.54, 1.807) is 0 Å². The van der Waals surface area contributed by atoms with Crippen LogP contribution in [0.1, 0.15) is 110 Å². The van der Waals surface area contributed by atoms with Gasteiger partial charge in [-0.05, 0) is 38.5 Å². The first-order valence-corrected chi connectivity index (χ1v) is 12.6. The first-order valence-electron chi connectivity index (χ1n) is 12.6. The molecule has 2 rings (SSSR count). The summed E-state index contributed by atoms with van der Waals surface area (Å²) in [5.74, 6) is -0.908. The minimum atomic E-state index is -0.913. The third-order valence-corrected chi connectivity index (χ3v) is 6.21. The van der Waals surface area contributed by atoms with E-state index in [0.29, 0.717) is 19.3 Å². The summed E-state index contributed by atoms with van der Waals surface area (Å²) >= 11 is 0. The standard InChI is InChI=1S/C23H42N2O8/c1-18(24(28)32-20-12-6-3-7-13-20)30-22(26)16-10-5-11-17-23(27)31-19(2)25(29)33-21-14-8-4-9-15-21/h18-21,24-25H,3-17H2,1-2H3.